The Morgan fingerprint density at radius 3 is 2.08 bits per heavy atom. The highest BCUT2D eigenvalue weighted by atomic mass is 32.2. The molecule has 0 aliphatic heterocycles. The van der Waals surface area contributed by atoms with Crippen molar-refractivity contribution in [1.29, 1.82) is 0 Å². The van der Waals surface area contributed by atoms with Gasteiger partial charge in [-0.25, -0.2) is 12.8 Å². The smallest absolute Gasteiger partial charge is 0.264 e. The normalized spacial score (nSPS) is 12.9. The van der Waals surface area contributed by atoms with Crippen LogP contribution in [0.15, 0.2) is 71.6 Å². The van der Waals surface area contributed by atoms with Gasteiger partial charge in [0, 0.05) is 12.6 Å². The van der Waals surface area contributed by atoms with Gasteiger partial charge in [0.1, 0.15) is 18.4 Å². The number of amides is 2. The van der Waals surface area contributed by atoms with Crippen molar-refractivity contribution in [1.82, 2.24) is 10.2 Å². The molecule has 3 aromatic rings. The number of aryl methyl sites for hydroxylation is 3. The minimum absolute atomic E-state index is 0.000491. The maximum atomic E-state index is 14.0. The third kappa shape index (κ3) is 7.47. The monoisotopic (exact) mass is 567 g/mol. The van der Waals surface area contributed by atoms with Gasteiger partial charge in [-0.3, -0.25) is 13.9 Å². The van der Waals surface area contributed by atoms with E-state index >= 15 is 0 Å². The summed E-state index contributed by atoms with van der Waals surface area (Å²) in [6, 6.07) is 16.4. The van der Waals surface area contributed by atoms with Crippen LogP contribution in [0.2, 0.25) is 0 Å². The molecule has 0 aliphatic rings. The summed E-state index contributed by atoms with van der Waals surface area (Å²) < 4.78 is 42.6. The summed E-state index contributed by atoms with van der Waals surface area (Å²) in [6.45, 7) is 10.4. The van der Waals surface area contributed by atoms with E-state index in [1.165, 1.54) is 29.2 Å². The van der Waals surface area contributed by atoms with Crippen molar-refractivity contribution < 1.29 is 22.4 Å². The zero-order chi connectivity index (χ0) is 29.6. The van der Waals surface area contributed by atoms with E-state index in [2.05, 4.69) is 5.32 Å². The maximum Gasteiger partial charge on any atom is 0.264 e. The second-order valence-electron chi connectivity index (χ2n) is 10.3. The fourth-order valence-corrected chi connectivity index (χ4v) is 5.75. The van der Waals surface area contributed by atoms with Gasteiger partial charge < -0.3 is 10.2 Å². The molecule has 3 aromatic carbocycles. The number of carbonyl (C=O) groups is 2. The fourth-order valence-electron chi connectivity index (χ4n) is 4.27. The highest BCUT2D eigenvalue weighted by Crippen LogP contribution is 2.28. The Bertz CT molecular complexity index is 1440. The molecular formula is C31H38FN3O4S. The average Bonchev–Trinajstić information content (AvgIpc) is 2.91. The van der Waals surface area contributed by atoms with Crippen LogP contribution < -0.4 is 9.62 Å². The first kappa shape index (κ1) is 30.8. The second-order valence-corrected chi connectivity index (χ2v) is 12.1. The second kappa shape index (κ2) is 13.1. The third-order valence-corrected chi connectivity index (χ3v) is 8.72. The van der Waals surface area contributed by atoms with Crippen LogP contribution in [0.1, 0.15) is 49.4 Å². The Morgan fingerprint density at radius 2 is 1.50 bits per heavy atom. The molecule has 7 nitrogen and oxygen atoms in total. The van der Waals surface area contributed by atoms with Crippen LogP contribution >= 0.6 is 0 Å². The molecule has 0 saturated carbocycles. The SMILES string of the molecule is CC[C@H](C)NC(=O)[C@H](C)N(Cc1ccc(F)cc1)C(=O)CN(c1ccc(C)cc1C)S(=O)(=O)c1ccc(C)cc1. The van der Waals surface area contributed by atoms with Crippen LogP contribution in [0.4, 0.5) is 10.1 Å². The molecule has 0 aliphatic carbocycles. The maximum absolute atomic E-state index is 14.0. The number of rotatable bonds is 11. The lowest BCUT2D eigenvalue weighted by Gasteiger charge is -2.33. The summed E-state index contributed by atoms with van der Waals surface area (Å²) in [6.07, 6.45) is 0.708. The van der Waals surface area contributed by atoms with E-state index in [9.17, 15) is 22.4 Å². The Hall–Kier alpha value is -3.72. The van der Waals surface area contributed by atoms with Crippen molar-refractivity contribution in [2.24, 2.45) is 0 Å². The van der Waals surface area contributed by atoms with Gasteiger partial charge in [0.25, 0.3) is 10.0 Å². The number of hydrogen-bond donors (Lipinski definition) is 1. The van der Waals surface area contributed by atoms with E-state index in [-0.39, 0.29) is 23.4 Å². The standard InChI is InChI=1S/C31H38FN3O4S/c1-7-24(5)33-31(37)25(6)34(19-26-11-13-27(32)14-12-26)30(36)20-35(29-17-10-22(3)18-23(29)4)40(38,39)28-15-8-21(2)9-16-28/h8-18,24-25H,7,19-20H2,1-6H3,(H,33,37)/t24-,25-/m0/s1. The number of carbonyl (C=O) groups excluding carboxylic acids is 2. The van der Waals surface area contributed by atoms with Crippen molar-refractivity contribution in [2.45, 2.75) is 71.5 Å². The van der Waals surface area contributed by atoms with Crippen LogP contribution in [0.25, 0.3) is 0 Å². The lowest BCUT2D eigenvalue weighted by Crippen LogP contribution is -2.52. The van der Waals surface area contributed by atoms with Crippen LogP contribution in [0.3, 0.4) is 0 Å². The Kier molecular flexibility index (Phi) is 10.1. The Balaban J connectivity index is 2.05. The molecule has 1 N–H and O–H groups in total. The number of benzene rings is 3. The Morgan fingerprint density at radius 1 is 0.900 bits per heavy atom. The predicted molar refractivity (Wildman–Crippen MR) is 156 cm³/mol. The van der Waals surface area contributed by atoms with Gasteiger partial charge in [0.15, 0.2) is 0 Å². The van der Waals surface area contributed by atoms with Gasteiger partial charge in [-0.2, -0.15) is 0 Å². The molecule has 2 atom stereocenters. The molecule has 2 amide bonds. The van der Waals surface area contributed by atoms with E-state index in [1.54, 1.807) is 50.2 Å². The van der Waals surface area contributed by atoms with E-state index in [1.807, 2.05) is 33.8 Å². The largest absolute Gasteiger partial charge is 0.352 e. The lowest BCUT2D eigenvalue weighted by molar-refractivity contribution is -0.139. The van der Waals surface area contributed by atoms with Gasteiger partial charge in [-0.1, -0.05) is 54.4 Å². The van der Waals surface area contributed by atoms with Gasteiger partial charge in [-0.05, 0) is 82.5 Å². The third-order valence-electron chi connectivity index (χ3n) is 6.94. The lowest BCUT2D eigenvalue weighted by atomic mass is 10.1. The number of hydrogen-bond acceptors (Lipinski definition) is 4. The molecular weight excluding hydrogens is 529 g/mol. The predicted octanol–water partition coefficient (Wildman–Crippen LogP) is 5.28. The molecule has 0 fully saturated rings. The summed E-state index contributed by atoms with van der Waals surface area (Å²) in [5, 5.41) is 2.90. The first-order chi connectivity index (χ1) is 18.8. The van der Waals surface area contributed by atoms with Gasteiger partial charge in [-0.15, -0.1) is 0 Å². The van der Waals surface area contributed by atoms with Crippen LogP contribution in [0.5, 0.6) is 0 Å². The average molecular weight is 568 g/mol. The highest BCUT2D eigenvalue weighted by Gasteiger charge is 2.33. The van der Waals surface area contributed by atoms with Gasteiger partial charge in [0.05, 0.1) is 10.6 Å². The zero-order valence-electron chi connectivity index (χ0n) is 23.9. The summed E-state index contributed by atoms with van der Waals surface area (Å²) in [7, 11) is -4.15. The van der Waals surface area contributed by atoms with Crippen LogP contribution in [-0.2, 0) is 26.2 Å². The zero-order valence-corrected chi connectivity index (χ0v) is 24.8. The fraction of sp³-hybridized carbons (Fsp3) is 0.355. The first-order valence-corrected chi connectivity index (χ1v) is 14.8. The van der Waals surface area contributed by atoms with Crippen molar-refractivity contribution in [3.05, 3.63) is 94.8 Å². The van der Waals surface area contributed by atoms with Crippen LogP contribution in [-0.4, -0.2) is 43.8 Å². The van der Waals surface area contributed by atoms with Crippen molar-refractivity contribution in [2.75, 3.05) is 10.8 Å². The molecule has 9 heteroatoms. The minimum Gasteiger partial charge on any atom is -0.352 e. The molecule has 0 saturated heterocycles. The molecule has 3 rings (SSSR count). The molecule has 0 bridgehead atoms. The molecule has 0 heterocycles. The highest BCUT2D eigenvalue weighted by molar-refractivity contribution is 7.92. The molecule has 0 aromatic heterocycles. The van der Waals surface area contributed by atoms with E-state index in [0.717, 1.165) is 15.4 Å². The number of halogens is 1. The summed E-state index contributed by atoms with van der Waals surface area (Å²) in [5.74, 6) is -1.34. The van der Waals surface area contributed by atoms with Crippen molar-refractivity contribution in [3.63, 3.8) is 0 Å². The molecule has 0 radical (unpaired) electrons. The summed E-state index contributed by atoms with van der Waals surface area (Å²) >= 11 is 0. The summed E-state index contributed by atoms with van der Waals surface area (Å²) in [4.78, 5) is 28.5. The molecule has 40 heavy (non-hydrogen) atoms. The quantitative estimate of drug-likeness (QED) is 0.342. The number of anilines is 1. The van der Waals surface area contributed by atoms with E-state index in [0.29, 0.717) is 23.2 Å². The van der Waals surface area contributed by atoms with Gasteiger partial charge in [0.2, 0.25) is 11.8 Å². The van der Waals surface area contributed by atoms with Gasteiger partial charge >= 0.3 is 0 Å². The van der Waals surface area contributed by atoms with E-state index < -0.39 is 34.3 Å². The minimum atomic E-state index is -4.15. The number of nitrogens with zero attached hydrogens (tertiary/aromatic N) is 2. The van der Waals surface area contributed by atoms with E-state index in [4.69, 9.17) is 0 Å². The molecule has 0 spiro atoms. The van der Waals surface area contributed by atoms with Crippen molar-refractivity contribution in [3.8, 4) is 0 Å². The number of nitrogens with one attached hydrogen (secondary N) is 1. The molecule has 0 unspecified atom stereocenters. The van der Waals surface area contributed by atoms with Crippen molar-refractivity contribution >= 4 is 27.5 Å². The summed E-state index contributed by atoms with van der Waals surface area (Å²) in [5.41, 5.74) is 3.53. The topological polar surface area (TPSA) is 86.8 Å². The number of sulfonamides is 1. The van der Waals surface area contributed by atoms with Crippen LogP contribution in [0, 0.1) is 26.6 Å². The first-order valence-electron chi connectivity index (χ1n) is 13.3. The Labute approximate surface area is 237 Å². The molecule has 214 valence electrons.